The molecule has 0 saturated heterocycles. The third-order valence-corrected chi connectivity index (χ3v) is 3.19. The molecule has 0 rings (SSSR count). The number of amides is 1. The summed E-state index contributed by atoms with van der Waals surface area (Å²) in [6.45, 7) is 15.3. The van der Waals surface area contributed by atoms with Gasteiger partial charge in [0, 0.05) is 19.6 Å². The summed E-state index contributed by atoms with van der Waals surface area (Å²) in [4.78, 5) is 14.1. The van der Waals surface area contributed by atoms with Gasteiger partial charge in [-0.1, -0.05) is 27.7 Å². The number of hydrogen-bond donors (Lipinski definition) is 2. The third kappa shape index (κ3) is 8.48. The molecular weight excluding hydrogens is 226 g/mol. The lowest BCUT2D eigenvalue weighted by molar-refractivity contribution is -0.122. The van der Waals surface area contributed by atoms with Crippen LogP contribution in [-0.4, -0.2) is 49.6 Å². The molecule has 4 heteroatoms. The Morgan fingerprint density at radius 2 is 1.72 bits per heavy atom. The molecule has 18 heavy (non-hydrogen) atoms. The summed E-state index contributed by atoms with van der Waals surface area (Å²) >= 11 is 0. The SMILES string of the molecule is CCN(CC)CCNC(C)C(=O)NCCC(C)C. The zero-order valence-electron chi connectivity index (χ0n) is 12.8. The van der Waals surface area contributed by atoms with Gasteiger partial charge in [0.05, 0.1) is 6.04 Å². The van der Waals surface area contributed by atoms with Crippen molar-refractivity contribution in [2.75, 3.05) is 32.7 Å². The first kappa shape index (κ1) is 17.4. The lowest BCUT2D eigenvalue weighted by Gasteiger charge is -2.20. The minimum absolute atomic E-state index is 0.104. The van der Waals surface area contributed by atoms with Crippen molar-refractivity contribution >= 4 is 5.91 Å². The van der Waals surface area contributed by atoms with Crippen LogP contribution >= 0.6 is 0 Å². The molecule has 1 unspecified atom stereocenters. The van der Waals surface area contributed by atoms with Crippen LogP contribution in [0.15, 0.2) is 0 Å². The fraction of sp³-hybridized carbons (Fsp3) is 0.929. The molecule has 1 amide bonds. The summed E-state index contributed by atoms with van der Waals surface area (Å²) in [6.07, 6.45) is 1.04. The number of nitrogens with zero attached hydrogens (tertiary/aromatic N) is 1. The van der Waals surface area contributed by atoms with E-state index in [1.54, 1.807) is 0 Å². The first-order chi connectivity index (χ1) is 8.51. The van der Waals surface area contributed by atoms with Crippen molar-refractivity contribution in [3.63, 3.8) is 0 Å². The molecule has 0 radical (unpaired) electrons. The maximum atomic E-state index is 11.8. The highest BCUT2D eigenvalue weighted by Gasteiger charge is 2.11. The number of carbonyl (C=O) groups excluding carboxylic acids is 1. The Balaban J connectivity index is 3.67. The second-order valence-corrected chi connectivity index (χ2v) is 5.18. The van der Waals surface area contributed by atoms with E-state index in [0.29, 0.717) is 5.92 Å². The maximum Gasteiger partial charge on any atom is 0.236 e. The topological polar surface area (TPSA) is 44.4 Å². The fourth-order valence-corrected chi connectivity index (χ4v) is 1.71. The van der Waals surface area contributed by atoms with Gasteiger partial charge in [-0.15, -0.1) is 0 Å². The molecule has 0 aliphatic rings. The number of carbonyl (C=O) groups is 1. The highest BCUT2D eigenvalue weighted by atomic mass is 16.2. The van der Waals surface area contributed by atoms with Gasteiger partial charge in [-0.05, 0) is 32.4 Å². The standard InChI is InChI=1S/C14H31N3O/c1-6-17(7-2)11-10-15-13(5)14(18)16-9-8-12(3)4/h12-13,15H,6-11H2,1-5H3,(H,16,18). The zero-order valence-corrected chi connectivity index (χ0v) is 12.8. The molecule has 1 atom stereocenters. The lowest BCUT2D eigenvalue weighted by atomic mass is 10.1. The van der Waals surface area contributed by atoms with Crippen LogP contribution in [0.1, 0.15) is 41.0 Å². The van der Waals surface area contributed by atoms with Gasteiger partial charge < -0.3 is 15.5 Å². The molecule has 0 aliphatic carbocycles. The highest BCUT2D eigenvalue weighted by molar-refractivity contribution is 5.81. The first-order valence-electron chi connectivity index (χ1n) is 7.24. The minimum Gasteiger partial charge on any atom is -0.355 e. The van der Waals surface area contributed by atoms with Crippen LogP contribution in [0.3, 0.4) is 0 Å². The quantitative estimate of drug-likeness (QED) is 0.623. The zero-order chi connectivity index (χ0) is 14.0. The Kier molecular flexibility index (Phi) is 9.98. The van der Waals surface area contributed by atoms with Crippen LogP contribution in [0.5, 0.6) is 0 Å². The average Bonchev–Trinajstić information content (AvgIpc) is 2.33. The third-order valence-electron chi connectivity index (χ3n) is 3.19. The van der Waals surface area contributed by atoms with Crippen LogP contribution in [0.2, 0.25) is 0 Å². The van der Waals surface area contributed by atoms with Gasteiger partial charge in [0.2, 0.25) is 5.91 Å². The Morgan fingerprint density at radius 3 is 2.22 bits per heavy atom. The van der Waals surface area contributed by atoms with Crippen molar-refractivity contribution in [3.05, 3.63) is 0 Å². The van der Waals surface area contributed by atoms with Gasteiger partial charge in [0.1, 0.15) is 0 Å². The van der Waals surface area contributed by atoms with Crippen molar-refractivity contribution in [1.82, 2.24) is 15.5 Å². The van der Waals surface area contributed by atoms with Gasteiger partial charge in [-0.3, -0.25) is 4.79 Å². The normalized spacial score (nSPS) is 13.1. The van der Waals surface area contributed by atoms with Crippen LogP contribution in [-0.2, 0) is 4.79 Å². The van der Waals surface area contributed by atoms with E-state index in [4.69, 9.17) is 0 Å². The van der Waals surface area contributed by atoms with E-state index in [9.17, 15) is 4.79 Å². The molecule has 108 valence electrons. The van der Waals surface area contributed by atoms with Crippen molar-refractivity contribution in [3.8, 4) is 0 Å². The van der Waals surface area contributed by atoms with Crippen molar-refractivity contribution in [2.24, 2.45) is 5.92 Å². The van der Waals surface area contributed by atoms with Gasteiger partial charge >= 0.3 is 0 Å². The van der Waals surface area contributed by atoms with E-state index in [2.05, 4.69) is 43.2 Å². The minimum atomic E-state index is -0.104. The largest absolute Gasteiger partial charge is 0.355 e. The van der Waals surface area contributed by atoms with Crippen LogP contribution in [0.4, 0.5) is 0 Å². The van der Waals surface area contributed by atoms with Crippen molar-refractivity contribution < 1.29 is 4.79 Å². The van der Waals surface area contributed by atoms with Gasteiger partial charge in [0.15, 0.2) is 0 Å². The number of hydrogen-bond acceptors (Lipinski definition) is 3. The molecule has 0 bridgehead atoms. The highest BCUT2D eigenvalue weighted by Crippen LogP contribution is 1.96. The molecule has 4 nitrogen and oxygen atoms in total. The predicted molar refractivity (Wildman–Crippen MR) is 77.7 cm³/mol. The molecular formula is C14H31N3O. The predicted octanol–water partition coefficient (Wildman–Crippen LogP) is 1.47. The first-order valence-corrected chi connectivity index (χ1v) is 7.24. The molecule has 0 spiro atoms. The summed E-state index contributed by atoms with van der Waals surface area (Å²) in [7, 11) is 0. The molecule has 0 aromatic heterocycles. The van der Waals surface area contributed by atoms with E-state index >= 15 is 0 Å². The molecule has 0 aromatic carbocycles. The Labute approximate surface area is 113 Å². The van der Waals surface area contributed by atoms with E-state index < -0.39 is 0 Å². The van der Waals surface area contributed by atoms with Gasteiger partial charge in [0.25, 0.3) is 0 Å². The van der Waals surface area contributed by atoms with Crippen molar-refractivity contribution in [2.45, 2.75) is 47.1 Å². The molecule has 0 heterocycles. The number of rotatable bonds is 10. The van der Waals surface area contributed by atoms with E-state index in [1.165, 1.54) is 0 Å². The summed E-state index contributed by atoms with van der Waals surface area (Å²) < 4.78 is 0. The molecule has 0 aromatic rings. The van der Waals surface area contributed by atoms with Crippen molar-refractivity contribution in [1.29, 1.82) is 0 Å². The summed E-state index contributed by atoms with van der Waals surface area (Å²) in [6, 6.07) is -0.104. The maximum absolute atomic E-state index is 11.8. The molecule has 2 N–H and O–H groups in total. The summed E-state index contributed by atoms with van der Waals surface area (Å²) in [5.74, 6) is 0.742. The Morgan fingerprint density at radius 1 is 1.11 bits per heavy atom. The van der Waals surface area contributed by atoms with Crippen LogP contribution in [0, 0.1) is 5.92 Å². The Hall–Kier alpha value is -0.610. The second kappa shape index (κ2) is 10.3. The lowest BCUT2D eigenvalue weighted by Crippen LogP contribution is -2.45. The molecule has 0 fully saturated rings. The summed E-state index contributed by atoms with van der Waals surface area (Å²) in [5.41, 5.74) is 0. The van der Waals surface area contributed by atoms with Gasteiger partial charge in [-0.2, -0.15) is 0 Å². The Bertz CT molecular complexity index is 215. The van der Waals surface area contributed by atoms with E-state index in [1.807, 2.05) is 6.92 Å². The van der Waals surface area contributed by atoms with E-state index in [-0.39, 0.29) is 11.9 Å². The monoisotopic (exact) mass is 257 g/mol. The fourth-order valence-electron chi connectivity index (χ4n) is 1.71. The van der Waals surface area contributed by atoms with Crippen LogP contribution in [0.25, 0.3) is 0 Å². The average molecular weight is 257 g/mol. The summed E-state index contributed by atoms with van der Waals surface area (Å²) in [5, 5.41) is 6.23. The van der Waals surface area contributed by atoms with E-state index in [0.717, 1.165) is 39.1 Å². The second-order valence-electron chi connectivity index (χ2n) is 5.18. The molecule has 0 saturated carbocycles. The number of likely N-dealkylation sites (N-methyl/N-ethyl adjacent to an activating group) is 1. The van der Waals surface area contributed by atoms with Gasteiger partial charge in [-0.25, -0.2) is 0 Å². The smallest absolute Gasteiger partial charge is 0.236 e. The molecule has 0 aliphatic heterocycles. The number of nitrogens with one attached hydrogen (secondary N) is 2. The van der Waals surface area contributed by atoms with Crippen LogP contribution < -0.4 is 10.6 Å².